The largest absolute Gasteiger partial charge is 0.518 e. The van der Waals surface area contributed by atoms with Gasteiger partial charge in [-0.3, -0.25) is 0 Å². The first kappa shape index (κ1) is 11.4. The maximum absolute atomic E-state index is 10.5. The van der Waals surface area contributed by atoms with Crippen molar-refractivity contribution in [2.75, 3.05) is 5.75 Å². The van der Waals surface area contributed by atoms with Gasteiger partial charge in [-0.25, -0.2) is 4.79 Å². The van der Waals surface area contributed by atoms with Crippen molar-refractivity contribution in [2.24, 2.45) is 0 Å². The Morgan fingerprint density at radius 1 is 1.36 bits per heavy atom. The van der Waals surface area contributed by atoms with E-state index in [2.05, 4.69) is 11.3 Å². The molecule has 0 unspecified atom stereocenters. The number of thioether (sulfide) groups is 1. The molecular weight excluding hydrogens is 200 g/mol. The van der Waals surface area contributed by atoms with Crippen molar-refractivity contribution in [3.05, 3.63) is 22.6 Å². The topological polar surface area (TPSA) is 43.4 Å². The number of rotatable bonds is 7. The fourth-order valence-electron chi connectivity index (χ4n) is 1.14. The molecule has 0 saturated carbocycles. The molecule has 3 nitrogen and oxygen atoms in total. The SMILES string of the molecule is CCCCCCSCc1coc(=O)o1. The molecule has 0 N–H and O–H groups in total. The van der Waals surface area contributed by atoms with E-state index in [0.29, 0.717) is 5.76 Å². The molecule has 14 heavy (non-hydrogen) atoms. The molecular formula is C10H16O3S. The Morgan fingerprint density at radius 2 is 2.21 bits per heavy atom. The van der Waals surface area contributed by atoms with Gasteiger partial charge in [0.15, 0.2) is 5.76 Å². The zero-order valence-corrected chi connectivity index (χ0v) is 9.27. The van der Waals surface area contributed by atoms with Crippen molar-refractivity contribution < 1.29 is 8.83 Å². The molecule has 0 aromatic carbocycles. The smallest absolute Gasteiger partial charge is 0.399 e. The molecule has 1 aromatic rings. The van der Waals surface area contributed by atoms with Crippen molar-refractivity contribution in [3.63, 3.8) is 0 Å². The maximum Gasteiger partial charge on any atom is 0.518 e. The zero-order valence-electron chi connectivity index (χ0n) is 8.45. The molecule has 0 spiro atoms. The lowest BCUT2D eigenvalue weighted by atomic mass is 10.2. The van der Waals surface area contributed by atoms with Crippen LogP contribution in [0.5, 0.6) is 0 Å². The number of hydrogen-bond acceptors (Lipinski definition) is 4. The first-order valence-electron chi connectivity index (χ1n) is 4.98. The summed E-state index contributed by atoms with van der Waals surface area (Å²) in [5.74, 6) is 1.88. The lowest BCUT2D eigenvalue weighted by molar-refractivity contribution is 0.378. The van der Waals surface area contributed by atoms with Crippen LogP contribution in [0.3, 0.4) is 0 Å². The van der Waals surface area contributed by atoms with E-state index < -0.39 is 5.82 Å². The molecule has 0 aliphatic carbocycles. The van der Waals surface area contributed by atoms with E-state index in [1.165, 1.54) is 31.9 Å². The Balaban J connectivity index is 2.02. The van der Waals surface area contributed by atoms with Gasteiger partial charge in [0.05, 0.1) is 5.75 Å². The van der Waals surface area contributed by atoms with Gasteiger partial charge in [-0.2, -0.15) is 11.8 Å². The van der Waals surface area contributed by atoms with Crippen molar-refractivity contribution >= 4 is 11.8 Å². The number of unbranched alkanes of at least 4 members (excludes halogenated alkanes) is 3. The van der Waals surface area contributed by atoms with Gasteiger partial charge in [0.1, 0.15) is 6.26 Å². The Kier molecular flexibility index (Phi) is 5.52. The summed E-state index contributed by atoms with van der Waals surface area (Å²) in [6.45, 7) is 2.20. The highest BCUT2D eigenvalue weighted by Crippen LogP contribution is 2.13. The molecule has 80 valence electrons. The van der Waals surface area contributed by atoms with Crippen LogP contribution in [0.15, 0.2) is 19.9 Å². The summed E-state index contributed by atoms with van der Waals surface area (Å²) < 4.78 is 9.29. The van der Waals surface area contributed by atoms with Gasteiger partial charge in [-0.05, 0) is 12.2 Å². The molecule has 0 amide bonds. The highest BCUT2D eigenvalue weighted by Gasteiger charge is 2.00. The van der Waals surface area contributed by atoms with Gasteiger partial charge in [-0.1, -0.05) is 26.2 Å². The third-order valence-corrected chi connectivity index (χ3v) is 2.95. The average Bonchev–Trinajstić information content (AvgIpc) is 2.58. The van der Waals surface area contributed by atoms with Gasteiger partial charge in [-0.15, -0.1) is 0 Å². The molecule has 4 heteroatoms. The maximum atomic E-state index is 10.5. The van der Waals surface area contributed by atoms with Gasteiger partial charge < -0.3 is 8.83 Å². The van der Waals surface area contributed by atoms with Crippen LogP contribution in [0.1, 0.15) is 38.4 Å². The van der Waals surface area contributed by atoms with Crippen molar-refractivity contribution in [2.45, 2.75) is 38.4 Å². The molecule has 0 atom stereocenters. The minimum Gasteiger partial charge on any atom is -0.399 e. The normalized spacial score (nSPS) is 10.6. The summed E-state index contributed by atoms with van der Waals surface area (Å²) in [5, 5.41) is 0. The van der Waals surface area contributed by atoms with E-state index in [0.717, 1.165) is 11.5 Å². The molecule has 0 fully saturated rings. The fraction of sp³-hybridized carbons (Fsp3) is 0.700. The molecule has 1 rings (SSSR count). The van der Waals surface area contributed by atoms with Crippen LogP contribution in [-0.4, -0.2) is 5.75 Å². The third-order valence-electron chi connectivity index (χ3n) is 1.89. The van der Waals surface area contributed by atoms with E-state index in [-0.39, 0.29) is 0 Å². The average molecular weight is 216 g/mol. The monoisotopic (exact) mass is 216 g/mol. The summed E-state index contributed by atoms with van der Waals surface area (Å²) in [6, 6.07) is 0. The third kappa shape index (κ3) is 4.56. The van der Waals surface area contributed by atoms with Crippen molar-refractivity contribution in [3.8, 4) is 0 Å². The van der Waals surface area contributed by atoms with Crippen LogP contribution in [0.4, 0.5) is 0 Å². The quantitative estimate of drug-likeness (QED) is 0.657. The summed E-state index contributed by atoms with van der Waals surface area (Å²) in [7, 11) is 0. The van der Waals surface area contributed by atoms with E-state index in [1.54, 1.807) is 11.8 Å². The van der Waals surface area contributed by atoms with Gasteiger partial charge in [0.25, 0.3) is 0 Å². The second-order valence-electron chi connectivity index (χ2n) is 3.17. The second kappa shape index (κ2) is 6.76. The van der Waals surface area contributed by atoms with E-state index >= 15 is 0 Å². The summed E-state index contributed by atoms with van der Waals surface area (Å²) >= 11 is 1.78. The Hall–Kier alpha value is -0.640. The molecule has 1 aromatic heterocycles. The lowest BCUT2D eigenvalue weighted by Crippen LogP contribution is -1.87. The van der Waals surface area contributed by atoms with Crippen LogP contribution >= 0.6 is 11.8 Å². The summed E-state index contributed by atoms with van der Waals surface area (Å²) in [4.78, 5) is 10.5. The number of hydrogen-bond donors (Lipinski definition) is 0. The van der Waals surface area contributed by atoms with E-state index in [1.807, 2.05) is 0 Å². The highest BCUT2D eigenvalue weighted by molar-refractivity contribution is 7.98. The highest BCUT2D eigenvalue weighted by atomic mass is 32.2. The van der Waals surface area contributed by atoms with Gasteiger partial charge in [0.2, 0.25) is 0 Å². The minimum absolute atomic E-state index is 0.605. The molecule has 0 aliphatic rings. The van der Waals surface area contributed by atoms with Crippen LogP contribution < -0.4 is 5.82 Å². The second-order valence-corrected chi connectivity index (χ2v) is 4.27. The van der Waals surface area contributed by atoms with Crippen molar-refractivity contribution in [1.29, 1.82) is 0 Å². The van der Waals surface area contributed by atoms with Crippen LogP contribution in [0, 0.1) is 0 Å². The first-order valence-corrected chi connectivity index (χ1v) is 6.13. The predicted octanol–water partition coefficient (Wildman–Crippen LogP) is 3.05. The predicted molar refractivity (Wildman–Crippen MR) is 57.5 cm³/mol. The lowest BCUT2D eigenvalue weighted by Gasteiger charge is -1.97. The first-order chi connectivity index (χ1) is 6.83. The summed E-state index contributed by atoms with van der Waals surface area (Å²) in [5.41, 5.74) is 0. The molecule has 0 aliphatic heterocycles. The Morgan fingerprint density at radius 3 is 2.86 bits per heavy atom. The zero-order chi connectivity index (χ0) is 10.2. The standard InChI is InChI=1S/C10H16O3S/c1-2-3-4-5-6-14-8-9-7-12-10(11)13-9/h7H,2-6,8H2,1H3. The van der Waals surface area contributed by atoms with Gasteiger partial charge in [0, 0.05) is 0 Å². The van der Waals surface area contributed by atoms with E-state index in [9.17, 15) is 4.79 Å². The van der Waals surface area contributed by atoms with Crippen LogP contribution in [0.2, 0.25) is 0 Å². The molecule has 0 saturated heterocycles. The minimum atomic E-state index is -0.605. The Labute approximate surface area is 87.9 Å². The fourth-order valence-corrected chi connectivity index (χ4v) is 2.02. The Bertz CT molecular complexity index is 290. The molecule has 0 bridgehead atoms. The summed E-state index contributed by atoms with van der Waals surface area (Å²) in [6.07, 6.45) is 6.49. The van der Waals surface area contributed by atoms with Gasteiger partial charge >= 0.3 is 5.82 Å². The molecule has 1 heterocycles. The van der Waals surface area contributed by atoms with Crippen LogP contribution in [-0.2, 0) is 5.75 Å². The van der Waals surface area contributed by atoms with Crippen LogP contribution in [0.25, 0.3) is 0 Å². The van der Waals surface area contributed by atoms with E-state index in [4.69, 9.17) is 4.42 Å². The molecule has 0 radical (unpaired) electrons. The van der Waals surface area contributed by atoms with Crippen molar-refractivity contribution in [1.82, 2.24) is 0 Å².